The molecule has 2 aromatic rings. The molecule has 0 saturated heterocycles. The van der Waals surface area contributed by atoms with Crippen LogP contribution < -0.4 is 5.32 Å². The Morgan fingerprint density at radius 3 is 2.89 bits per heavy atom. The van der Waals surface area contributed by atoms with Crippen molar-refractivity contribution < 1.29 is 13.9 Å². The third kappa shape index (κ3) is 3.00. The number of methoxy groups -OCH3 is 1. The number of nitrogens with zero attached hydrogens (tertiary/aromatic N) is 1. The Bertz CT molecular complexity index is 619. The molecule has 0 aliphatic heterocycles. The fourth-order valence-corrected chi connectivity index (χ4v) is 1.67. The summed E-state index contributed by atoms with van der Waals surface area (Å²) in [7, 11) is 1.29. The summed E-state index contributed by atoms with van der Waals surface area (Å²) >= 11 is 5.68. The van der Waals surface area contributed by atoms with Gasteiger partial charge in [0.1, 0.15) is 17.2 Å². The molecule has 0 bridgehead atoms. The molecule has 1 aromatic carbocycles. The van der Waals surface area contributed by atoms with Crippen LogP contribution in [0.5, 0.6) is 0 Å². The summed E-state index contributed by atoms with van der Waals surface area (Å²) in [4.78, 5) is 15.6. The lowest BCUT2D eigenvalue weighted by Crippen LogP contribution is -2.07. The van der Waals surface area contributed by atoms with E-state index in [0.717, 1.165) is 0 Å². The summed E-state index contributed by atoms with van der Waals surface area (Å²) in [5.74, 6) is -0.706. The van der Waals surface area contributed by atoms with E-state index < -0.39 is 11.8 Å². The lowest BCUT2D eigenvalue weighted by atomic mass is 10.2. The number of aromatic nitrogens is 1. The molecule has 98 valence electrons. The van der Waals surface area contributed by atoms with Gasteiger partial charge in [0.25, 0.3) is 0 Å². The van der Waals surface area contributed by atoms with E-state index in [1.54, 1.807) is 12.1 Å². The lowest BCUT2D eigenvalue weighted by Gasteiger charge is -2.09. The number of pyridine rings is 1. The summed E-state index contributed by atoms with van der Waals surface area (Å²) < 4.78 is 17.7. The van der Waals surface area contributed by atoms with Gasteiger partial charge in [-0.25, -0.2) is 14.2 Å². The second kappa shape index (κ2) is 5.67. The van der Waals surface area contributed by atoms with Gasteiger partial charge in [0.15, 0.2) is 0 Å². The van der Waals surface area contributed by atoms with E-state index in [9.17, 15) is 9.18 Å². The van der Waals surface area contributed by atoms with E-state index in [0.29, 0.717) is 11.5 Å². The number of benzene rings is 1. The highest BCUT2D eigenvalue weighted by atomic mass is 35.5. The van der Waals surface area contributed by atoms with Crippen molar-refractivity contribution in [3.05, 3.63) is 52.9 Å². The van der Waals surface area contributed by atoms with Crippen molar-refractivity contribution in [1.82, 2.24) is 4.98 Å². The van der Waals surface area contributed by atoms with Crippen molar-refractivity contribution in [3.63, 3.8) is 0 Å². The lowest BCUT2D eigenvalue weighted by molar-refractivity contribution is 0.0601. The van der Waals surface area contributed by atoms with E-state index in [2.05, 4.69) is 15.0 Å². The highest BCUT2D eigenvalue weighted by molar-refractivity contribution is 6.31. The zero-order valence-corrected chi connectivity index (χ0v) is 10.7. The molecule has 0 unspecified atom stereocenters. The molecule has 0 fully saturated rings. The Balaban J connectivity index is 2.32. The number of hydrogen-bond donors (Lipinski definition) is 1. The van der Waals surface area contributed by atoms with Crippen LogP contribution in [-0.4, -0.2) is 18.1 Å². The Kier molecular flexibility index (Phi) is 3.97. The molecular weight excluding hydrogens is 271 g/mol. The maximum atomic E-state index is 13.1. The van der Waals surface area contributed by atoms with Crippen molar-refractivity contribution in [1.29, 1.82) is 0 Å². The first-order valence-electron chi connectivity index (χ1n) is 5.37. The van der Waals surface area contributed by atoms with Crippen LogP contribution in [0.25, 0.3) is 0 Å². The van der Waals surface area contributed by atoms with Crippen molar-refractivity contribution >= 4 is 29.1 Å². The fraction of sp³-hybridized carbons (Fsp3) is 0.0769. The first-order valence-corrected chi connectivity index (χ1v) is 5.75. The Labute approximate surface area is 114 Å². The first kappa shape index (κ1) is 13.3. The van der Waals surface area contributed by atoms with E-state index >= 15 is 0 Å². The Morgan fingerprint density at radius 2 is 2.21 bits per heavy atom. The maximum absolute atomic E-state index is 13.1. The average Bonchev–Trinajstić information content (AvgIpc) is 2.43. The standard InChI is InChI=1S/C13H10ClFN2O2/c1-19-13(18)9-3-2-6-16-12(9)17-8-4-5-11(15)10(14)7-8/h2-7H,1H3,(H,16,17). The summed E-state index contributed by atoms with van der Waals surface area (Å²) in [5, 5.41) is 2.88. The summed E-state index contributed by atoms with van der Waals surface area (Å²) in [6.07, 6.45) is 1.53. The predicted octanol–water partition coefficient (Wildman–Crippen LogP) is 3.40. The van der Waals surface area contributed by atoms with Gasteiger partial charge in [-0.05, 0) is 30.3 Å². The molecule has 0 saturated carbocycles. The number of ether oxygens (including phenoxy) is 1. The van der Waals surface area contributed by atoms with E-state index in [-0.39, 0.29) is 10.6 Å². The molecule has 19 heavy (non-hydrogen) atoms. The number of hydrogen-bond acceptors (Lipinski definition) is 4. The molecule has 0 aliphatic rings. The normalized spacial score (nSPS) is 10.1. The van der Waals surface area contributed by atoms with Crippen LogP contribution in [0.4, 0.5) is 15.9 Å². The number of esters is 1. The largest absolute Gasteiger partial charge is 0.465 e. The van der Waals surface area contributed by atoms with Crippen LogP contribution in [-0.2, 0) is 4.74 Å². The van der Waals surface area contributed by atoms with Gasteiger partial charge in [-0.3, -0.25) is 0 Å². The Hall–Kier alpha value is -2.14. The molecule has 4 nitrogen and oxygen atoms in total. The molecule has 2 rings (SSSR count). The van der Waals surface area contributed by atoms with Gasteiger partial charge in [-0.1, -0.05) is 11.6 Å². The molecule has 0 amide bonds. The quantitative estimate of drug-likeness (QED) is 0.876. The third-order valence-corrected chi connectivity index (χ3v) is 2.69. The van der Waals surface area contributed by atoms with Crippen LogP contribution in [0.1, 0.15) is 10.4 Å². The van der Waals surface area contributed by atoms with E-state index in [4.69, 9.17) is 11.6 Å². The molecule has 0 aliphatic carbocycles. The van der Waals surface area contributed by atoms with Crippen LogP contribution in [0.3, 0.4) is 0 Å². The summed E-state index contributed by atoms with van der Waals surface area (Å²) in [6.45, 7) is 0. The van der Waals surface area contributed by atoms with Crippen LogP contribution >= 0.6 is 11.6 Å². The zero-order chi connectivity index (χ0) is 13.8. The second-order valence-corrected chi connectivity index (χ2v) is 4.05. The zero-order valence-electron chi connectivity index (χ0n) is 9.98. The molecule has 0 spiro atoms. The van der Waals surface area contributed by atoms with E-state index in [1.165, 1.54) is 31.5 Å². The number of carbonyl (C=O) groups is 1. The monoisotopic (exact) mass is 280 g/mol. The van der Waals surface area contributed by atoms with Crippen molar-refractivity contribution in [3.8, 4) is 0 Å². The smallest absolute Gasteiger partial charge is 0.341 e. The minimum Gasteiger partial charge on any atom is -0.465 e. The van der Waals surface area contributed by atoms with Crippen LogP contribution in [0.15, 0.2) is 36.5 Å². The predicted molar refractivity (Wildman–Crippen MR) is 70.3 cm³/mol. The minimum absolute atomic E-state index is 0.0134. The second-order valence-electron chi connectivity index (χ2n) is 3.65. The van der Waals surface area contributed by atoms with Crippen molar-refractivity contribution in [2.24, 2.45) is 0 Å². The van der Waals surface area contributed by atoms with Crippen molar-refractivity contribution in [2.75, 3.05) is 12.4 Å². The SMILES string of the molecule is COC(=O)c1cccnc1Nc1ccc(F)c(Cl)c1. The molecule has 0 radical (unpaired) electrons. The van der Waals surface area contributed by atoms with Gasteiger partial charge in [0, 0.05) is 11.9 Å². The maximum Gasteiger partial charge on any atom is 0.341 e. The van der Waals surface area contributed by atoms with Gasteiger partial charge in [0.05, 0.1) is 12.1 Å². The fourth-order valence-electron chi connectivity index (χ4n) is 1.49. The molecule has 1 aromatic heterocycles. The van der Waals surface area contributed by atoms with Crippen LogP contribution in [0, 0.1) is 5.82 Å². The average molecular weight is 281 g/mol. The van der Waals surface area contributed by atoms with Crippen molar-refractivity contribution in [2.45, 2.75) is 0 Å². The van der Waals surface area contributed by atoms with Gasteiger partial charge in [-0.2, -0.15) is 0 Å². The third-order valence-electron chi connectivity index (χ3n) is 2.40. The number of anilines is 2. The number of halogens is 2. The van der Waals surface area contributed by atoms with Gasteiger partial charge >= 0.3 is 5.97 Å². The van der Waals surface area contributed by atoms with Gasteiger partial charge < -0.3 is 10.1 Å². The Morgan fingerprint density at radius 1 is 1.42 bits per heavy atom. The molecule has 1 N–H and O–H groups in total. The minimum atomic E-state index is -0.513. The number of rotatable bonds is 3. The van der Waals surface area contributed by atoms with Crippen LogP contribution in [0.2, 0.25) is 5.02 Å². The molecule has 6 heteroatoms. The highest BCUT2D eigenvalue weighted by Gasteiger charge is 2.12. The number of carbonyl (C=O) groups excluding carboxylic acids is 1. The summed E-state index contributed by atoms with van der Waals surface area (Å²) in [5.41, 5.74) is 0.806. The molecule has 1 heterocycles. The first-order chi connectivity index (χ1) is 9.11. The highest BCUT2D eigenvalue weighted by Crippen LogP contribution is 2.23. The van der Waals surface area contributed by atoms with E-state index in [1.807, 2.05) is 0 Å². The topological polar surface area (TPSA) is 51.2 Å². The van der Waals surface area contributed by atoms with Gasteiger partial charge in [0.2, 0.25) is 0 Å². The summed E-state index contributed by atoms with van der Waals surface area (Å²) in [6, 6.07) is 7.33. The molecular formula is C13H10ClFN2O2. The number of nitrogens with one attached hydrogen (secondary N) is 1. The molecule has 0 atom stereocenters. The van der Waals surface area contributed by atoms with Gasteiger partial charge in [-0.15, -0.1) is 0 Å².